The van der Waals surface area contributed by atoms with Crippen LogP contribution in [-0.4, -0.2) is 56.1 Å². The molecule has 1 aliphatic rings. The van der Waals surface area contributed by atoms with Crippen LogP contribution >= 0.6 is 0 Å². The second kappa shape index (κ2) is 8.92. The summed E-state index contributed by atoms with van der Waals surface area (Å²) in [4.78, 5) is 16.9. The van der Waals surface area contributed by atoms with E-state index in [4.69, 9.17) is 9.47 Å². The molecule has 0 spiro atoms. The molecule has 0 aliphatic carbocycles. The van der Waals surface area contributed by atoms with E-state index < -0.39 is 0 Å². The van der Waals surface area contributed by atoms with E-state index in [0.29, 0.717) is 5.91 Å². The van der Waals surface area contributed by atoms with Crippen LogP contribution in [0.1, 0.15) is 32.3 Å². The molecule has 1 amide bonds. The molecular formula is C19H30N2O3. The van der Waals surface area contributed by atoms with Crippen molar-refractivity contribution in [3.05, 3.63) is 23.8 Å². The molecule has 1 aliphatic heterocycles. The minimum atomic E-state index is 0.107. The second-order valence-electron chi connectivity index (χ2n) is 6.26. The number of hydrogen-bond acceptors (Lipinski definition) is 4. The molecule has 0 radical (unpaired) electrons. The average molecular weight is 334 g/mol. The first kappa shape index (κ1) is 18.6. The van der Waals surface area contributed by atoms with Gasteiger partial charge in [-0.2, -0.15) is 0 Å². The quantitative estimate of drug-likeness (QED) is 0.769. The first-order valence-electron chi connectivity index (χ1n) is 8.84. The van der Waals surface area contributed by atoms with Gasteiger partial charge in [0.2, 0.25) is 5.91 Å². The first-order valence-corrected chi connectivity index (χ1v) is 8.84. The number of methoxy groups -OCH3 is 2. The van der Waals surface area contributed by atoms with Gasteiger partial charge in [-0.3, -0.25) is 9.69 Å². The third kappa shape index (κ3) is 4.41. The highest BCUT2D eigenvalue weighted by Crippen LogP contribution is 2.27. The molecule has 0 aromatic heterocycles. The van der Waals surface area contributed by atoms with Gasteiger partial charge in [-0.25, -0.2) is 0 Å². The second-order valence-corrected chi connectivity index (χ2v) is 6.26. The molecule has 1 aromatic carbocycles. The van der Waals surface area contributed by atoms with Crippen LogP contribution in [0.4, 0.5) is 0 Å². The molecule has 1 aromatic rings. The summed E-state index contributed by atoms with van der Waals surface area (Å²) in [6.45, 7) is 8.28. The molecule has 1 saturated heterocycles. The van der Waals surface area contributed by atoms with E-state index in [9.17, 15) is 4.79 Å². The van der Waals surface area contributed by atoms with Gasteiger partial charge in [0.25, 0.3) is 0 Å². The van der Waals surface area contributed by atoms with Crippen LogP contribution in [0, 0.1) is 5.92 Å². The minimum Gasteiger partial charge on any atom is -0.497 e. The van der Waals surface area contributed by atoms with Crippen molar-refractivity contribution in [2.75, 3.05) is 40.4 Å². The van der Waals surface area contributed by atoms with Crippen molar-refractivity contribution >= 4 is 5.91 Å². The number of likely N-dealkylation sites (tertiary alicyclic amines) is 1. The summed E-state index contributed by atoms with van der Waals surface area (Å²) in [5, 5.41) is 0. The Hall–Kier alpha value is -1.75. The number of carbonyl (C=O) groups is 1. The summed E-state index contributed by atoms with van der Waals surface area (Å²) in [6, 6.07) is 5.87. The van der Waals surface area contributed by atoms with Gasteiger partial charge in [0.15, 0.2) is 0 Å². The van der Waals surface area contributed by atoms with Gasteiger partial charge < -0.3 is 14.4 Å². The maximum absolute atomic E-state index is 12.6. The predicted octanol–water partition coefficient (Wildman–Crippen LogP) is 2.78. The Morgan fingerprint density at radius 2 is 2.00 bits per heavy atom. The van der Waals surface area contributed by atoms with Gasteiger partial charge in [0.05, 0.1) is 20.1 Å². The Balaban J connectivity index is 2.06. The molecule has 0 N–H and O–H groups in total. The van der Waals surface area contributed by atoms with E-state index >= 15 is 0 Å². The van der Waals surface area contributed by atoms with Gasteiger partial charge in [-0.15, -0.1) is 0 Å². The fraction of sp³-hybridized carbons (Fsp3) is 0.632. The highest BCUT2D eigenvalue weighted by atomic mass is 16.5. The molecule has 0 unspecified atom stereocenters. The zero-order chi connectivity index (χ0) is 17.5. The zero-order valence-electron chi connectivity index (χ0n) is 15.4. The Kier molecular flexibility index (Phi) is 6.91. The maximum Gasteiger partial charge on any atom is 0.226 e. The molecule has 0 bridgehead atoms. The molecule has 24 heavy (non-hydrogen) atoms. The molecule has 0 saturated carbocycles. The van der Waals surface area contributed by atoms with Crippen molar-refractivity contribution in [1.29, 1.82) is 0 Å². The van der Waals surface area contributed by atoms with E-state index in [1.165, 1.54) is 0 Å². The van der Waals surface area contributed by atoms with E-state index in [0.717, 1.165) is 62.6 Å². The number of nitrogens with zero attached hydrogens (tertiary/aromatic N) is 2. The molecular weight excluding hydrogens is 304 g/mol. The summed E-state index contributed by atoms with van der Waals surface area (Å²) in [6.07, 6.45) is 2.05. The third-order valence-corrected chi connectivity index (χ3v) is 4.81. The zero-order valence-corrected chi connectivity index (χ0v) is 15.4. The predicted molar refractivity (Wildman–Crippen MR) is 95.5 cm³/mol. The number of rotatable bonds is 7. The van der Waals surface area contributed by atoms with Crippen molar-refractivity contribution in [2.24, 2.45) is 5.92 Å². The third-order valence-electron chi connectivity index (χ3n) is 4.81. The molecule has 1 heterocycles. The van der Waals surface area contributed by atoms with Crippen LogP contribution in [-0.2, 0) is 11.3 Å². The SMILES string of the molecule is CCN(CC)C(=O)[C@@H]1CCCN(Cc2cc(OC)ccc2OC)C1. The van der Waals surface area contributed by atoms with Crippen molar-refractivity contribution < 1.29 is 14.3 Å². The summed E-state index contributed by atoms with van der Waals surface area (Å²) < 4.78 is 10.8. The van der Waals surface area contributed by atoms with Crippen LogP contribution in [0.5, 0.6) is 11.5 Å². The lowest BCUT2D eigenvalue weighted by Crippen LogP contribution is -2.44. The number of amides is 1. The molecule has 1 fully saturated rings. The highest BCUT2D eigenvalue weighted by Gasteiger charge is 2.28. The lowest BCUT2D eigenvalue weighted by Gasteiger charge is -2.34. The fourth-order valence-electron chi connectivity index (χ4n) is 3.44. The van der Waals surface area contributed by atoms with Gasteiger partial charge in [0, 0.05) is 31.7 Å². The number of carbonyl (C=O) groups excluding carboxylic acids is 1. The van der Waals surface area contributed by atoms with E-state index in [1.54, 1.807) is 14.2 Å². The van der Waals surface area contributed by atoms with Crippen molar-refractivity contribution in [1.82, 2.24) is 9.80 Å². The lowest BCUT2D eigenvalue weighted by atomic mass is 9.96. The van der Waals surface area contributed by atoms with Gasteiger partial charge in [0.1, 0.15) is 11.5 Å². The van der Waals surface area contributed by atoms with Crippen LogP contribution in [0.3, 0.4) is 0 Å². The molecule has 134 valence electrons. The summed E-state index contributed by atoms with van der Waals surface area (Å²) in [5.41, 5.74) is 1.10. The standard InChI is InChI=1S/C19H30N2O3/c1-5-21(6-2)19(22)15-8-7-11-20(13-15)14-16-12-17(23-3)9-10-18(16)24-4/h9-10,12,15H,5-8,11,13-14H2,1-4H3/t15-/m1/s1. The topological polar surface area (TPSA) is 42.0 Å². The molecule has 5 nitrogen and oxygen atoms in total. The van der Waals surface area contributed by atoms with Crippen LogP contribution < -0.4 is 9.47 Å². The van der Waals surface area contributed by atoms with Gasteiger partial charge >= 0.3 is 0 Å². The minimum absolute atomic E-state index is 0.107. The molecule has 1 atom stereocenters. The number of piperidine rings is 1. The Morgan fingerprint density at radius 3 is 2.62 bits per heavy atom. The normalized spacial score (nSPS) is 18.2. The van der Waals surface area contributed by atoms with Crippen LogP contribution in [0.25, 0.3) is 0 Å². The Labute approximate surface area is 145 Å². The van der Waals surface area contributed by atoms with E-state index in [2.05, 4.69) is 4.90 Å². The highest BCUT2D eigenvalue weighted by molar-refractivity contribution is 5.79. The summed E-state index contributed by atoms with van der Waals surface area (Å²) in [5.74, 6) is 2.10. The summed E-state index contributed by atoms with van der Waals surface area (Å²) in [7, 11) is 3.36. The molecule has 5 heteroatoms. The van der Waals surface area contributed by atoms with Crippen molar-refractivity contribution in [2.45, 2.75) is 33.2 Å². The number of hydrogen-bond donors (Lipinski definition) is 0. The van der Waals surface area contributed by atoms with E-state index in [1.807, 2.05) is 36.9 Å². The first-order chi connectivity index (χ1) is 11.6. The monoisotopic (exact) mass is 334 g/mol. The Morgan fingerprint density at radius 1 is 1.25 bits per heavy atom. The van der Waals surface area contributed by atoms with Gasteiger partial charge in [-0.05, 0) is 51.4 Å². The number of benzene rings is 1. The number of ether oxygens (including phenoxy) is 2. The Bertz CT molecular complexity index is 543. The van der Waals surface area contributed by atoms with E-state index in [-0.39, 0.29) is 5.92 Å². The van der Waals surface area contributed by atoms with Crippen molar-refractivity contribution in [3.63, 3.8) is 0 Å². The summed E-state index contributed by atoms with van der Waals surface area (Å²) >= 11 is 0. The largest absolute Gasteiger partial charge is 0.497 e. The lowest BCUT2D eigenvalue weighted by molar-refractivity contribution is -0.137. The average Bonchev–Trinajstić information content (AvgIpc) is 2.62. The van der Waals surface area contributed by atoms with Crippen LogP contribution in [0.2, 0.25) is 0 Å². The molecule has 2 rings (SSSR count). The van der Waals surface area contributed by atoms with Crippen LogP contribution in [0.15, 0.2) is 18.2 Å². The van der Waals surface area contributed by atoms with Gasteiger partial charge in [-0.1, -0.05) is 0 Å². The maximum atomic E-state index is 12.6. The van der Waals surface area contributed by atoms with Crippen molar-refractivity contribution in [3.8, 4) is 11.5 Å². The smallest absolute Gasteiger partial charge is 0.226 e. The fourth-order valence-corrected chi connectivity index (χ4v) is 3.44.